The third-order valence-corrected chi connectivity index (χ3v) is 3.94. The molecule has 8 nitrogen and oxygen atoms in total. The Hall–Kier alpha value is -2.71. The van der Waals surface area contributed by atoms with E-state index in [9.17, 15) is 18.4 Å². The Morgan fingerprint density at radius 2 is 1.85 bits per heavy atom. The van der Waals surface area contributed by atoms with Gasteiger partial charge in [0, 0.05) is 43.2 Å². The highest BCUT2D eigenvalue weighted by Crippen LogP contribution is 2.21. The first-order chi connectivity index (χ1) is 12.6. The third kappa shape index (κ3) is 5.38. The molecule has 0 spiro atoms. The van der Waals surface area contributed by atoms with Gasteiger partial charge >= 0.3 is 6.09 Å². The molecule has 0 N–H and O–H groups in total. The van der Waals surface area contributed by atoms with Gasteiger partial charge in [0.1, 0.15) is 17.2 Å². The second-order valence-electron chi connectivity index (χ2n) is 7.13. The van der Waals surface area contributed by atoms with Crippen LogP contribution in [0.25, 0.3) is 10.4 Å². The van der Waals surface area contributed by atoms with Gasteiger partial charge in [-0.15, -0.1) is 0 Å². The van der Waals surface area contributed by atoms with Crippen molar-refractivity contribution >= 4 is 12.0 Å². The lowest BCUT2D eigenvalue weighted by atomic mass is 10.1. The van der Waals surface area contributed by atoms with Crippen LogP contribution in [0.3, 0.4) is 0 Å². The Kier molecular flexibility index (Phi) is 6.35. The first-order valence-electron chi connectivity index (χ1n) is 8.39. The smallest absolute Gasteiger partial charge is 0.410 e. The molecule has 1 heterocycles. The molecule has 0 bridgehead atoms. The van der Waals surface area contributed by atoms with E-state index in [1.807, 2.05) is 4.90 Å². The van der Waals surface area contributed by atoms with Crippen molar-refractivity contribution in [3.63, 3.8) is 0 Å². The molecule has 1 fully saturated rings. The number of hydrogen-bond donors (Lipinski definition) is 0. The zero-order chi connectivity index (χ0) is 20.2. The molecule has 0 atom stereocenters. The minimum atomic E-state index is -1.30. The lowest BCUT2D eigenvalue weighted by molar-refractivity contribution is 0.0138. The maximum absolute atomic E-state index is 14.5. The Morgan fingerprint density at radius 1 is 1.22 bits per heavy atom. The lowest BCUT2D eigenvalue weighted by Crippen LogP contribution is -2.49. The van der Waals surface area contributed by atoms with E-state index in [4.69, 9.17) is 10.3 Å². The van der Waals surface area contributed by atoms with E-state index in [0.29, 0.717) is 26.2 Å². The zero-order valence-corrected chi connectivity index (χ0v) is 15.4. The van der Waals surface area contributed by atoms with Crippen molar-refractivity contribution in [3.05, 3.63) is 45.3 Å². The van der Waals surface area contributed by atoms with Crippen LogP contribution < -0.4 is 0 Å². The Labute approximate surface area is 155 Å². The quantitative estimate of drug-likeness (QED) is 0.455. The molecule has 1 saturated heterocycles. The highest BCUT2D eigenvalue weighted by atomic mass is 19.1. The maximum atomic E-state index is 14.5. The standard InChI is InChI=1S/C17H21F2N5O3/c1-17(2,3)27-16(26)24-8-6-23(7-9-24)10-11-4-5-12(18)13(14(11)19)15(25)21-22-20/h4-5H,6-10H2,1-3H3. The van der Waals surface area contributed by atoms with Crippen LogP contribution in [-0.4, -0.2) is 53.6 Å². The van der Waals surface area contributed by atoms with Gasteiger partial charge < -0.3 is 9.64 Å². The van der Waals surface area contributed by atoms with E-state index in [2.05, 4.69) is 10.0 Å². The minimum absolute atomic E-state index is 0.110. The van der Waals surface area contributed by atoms with Crippen LogP contribution in [0.2, 0.25) is 0 Å². The van der Waals surface area contributed by atoms with Gasteiger partial charge in [0.05, 0.1) is 5.56 Å². The third-order valence-electron chi connectivity index (χ3n) is 3.94. The molecular weight excluding hydrogens is 360 g/mol. The van der Waals surface area contributed by atoms with Crippen molar-refractivity contribution < 1.29 is 23.1 Å². The largest absolute Gasteiger partial charge is 0.444 e. The number of nitrogens with zero attached hydrogens (tertiary/aromatic N) is 5. The van der Waals surface area contributed by atoms with Crippen molar-refractivity contribution in [3.8, 4) is 0 Å². The van der Waals surface area contributed by atoms with Crippen LogP contribution in [0.5, 0.6) is 0 Å². The first-order valence-corrected chi connectivity index (χ1v) is 8.39. The second kappa shape index (κ2) is 8.32. The SMILES string of the molecule is CC(C)(C)OC(=O)N1CCN(Cc2ccc(F)c(C(=O)N=[N+]=[N-])c2F)CC1. The van der Waals surface area contributed by atoms with Crippen molar-refractivity contribution in [2.75, 3.05) is 26.2 Å². The maximum Gasteiger partial charge on any atom is 0.410 e. The van der Waals surface area contributed by atoms with Gasteiger partial charge in [0.15, 0.2) is 0 Å². The molecule has 2 rings (SSSR count). The highest BCUT2D eigenvalue weighted by Gasteiger charge is 2.27. The van der Waals surface area contributed by atoms with E-state index in [1.54, 1.807) is 25.7 Å². The van der Waals surface area contributed by atoms with Crippen molar-refractivity contribution in [2.24, 2.45) is 5.11 Å². The Bertz CT molecular complexity index is 780. The summed E-state index contributed by atoms with van der Waals surface area (Å²) in [5.41, 5.74) is 6.96. The predicted molar refractivity (Wildman–Crippen MR) is 92.9 cm³/mol. The topological polar surface area (TPSA) is 98.6 Å². The molecule has 27 heavy (non-hydrogen) atoms. The van der Waals surface area contributed by atoms with Gasteiger partial charge in [0.2, 0.25) is 0 Å². The molecule has 2 amide bonds. The van der Waals surface area contributed by atoms with Crippen LogP contribution in [0.1, 0.15) is 36.7 Å². The average molecular weight is 381 g/mol. The Balaban J connectivity index is 2.03. The summed E-state index contributed by atoms with van der Waals surface area (Å²) in [6.07, 6.45) is -0.405. The monoisotopic (exact) mass is 381 g/mol. The number of halogens is 2. The summed E-state index contributed by atoms with van der Waals surface area (Å²) < 4.78 is 33.6. The molecule has 0 aromatic heterocycles. The highest BCUT2D eigenvalue weighted by molar-refractivity contribution is 5.95. The average Bonchev–Trinajstić information content (AvgIpc) is 2.57. The molecule has 146 valence electrons. The molecule has 1 aromatic carbocycles. The van der Waals surface area contributed by atoms with Crippen LogP contribution in [0.4, 0.5) is 13.6 Å². The predicted octanol–water partition coefficient (Wildman–Crippen LogP) is 3.47. The van der Waals surface area contributed by atoms with E-state index < -0.39 is 34.8 Å². The fourth-order valence-corrected chi connectivity index (χ4v) is 2.66. The van der Waals surface area contributed by atoms with Crippen LogP contribution in [0.15, 0.2) is 17.2 Å². The number of amides is 2. The van der Waals surface area contributed by atoms with Gasteiger partial charge in [-0.25, -0.2) is 13.6 Å². The number of azide groups is 1. The summed E-state index contributed by atoms with van der Waals surface area (Å²) in [5.74, 6) is -3.42. The van der Waals surface area contributed by atoms with Crippen molar-refractivity contribution in [2.45, 2.75) is 32.9 Å². The molecule has 0 radical (unpaired) electrons. The zero-order valence-electron chi connectivity index (χ0n) is 15.4. The number of carbonyl (C=O) groups excluding carboxylic acids is 2. The van der Waals surface area contributed by atoms with Gasteiger partial charge in [-0.2, -0.15) is 0 Å². The fraction of sp³-hybridized carbons (Fsp3) is 0.529. The number of carbonyl (C=O) groups is 2. The van der Waals surface area contributed by atoms with Crippen LogP contribution >= 0.6 is 0 Å². The number of rotatable bonds is 3. The lowest BCUT2D eigenvalue weighted by Gasteiger charge is -2.35. The molecule has 1 aliphatic rings. The van der Waals surface area contributed by atoms with E-state index in [-0.39, 0.29) is 12.1 Å². The van der Waals surface area contributed by atoms with Gasteiger partial charge in [-0.1, -0.05) is 6.07 Å². The number of ether oxygens (including phenoxy) is 1. The Morgan fingerprint density at radius 3 is 2.41 bits per heavy atom. The molecule has 0 aliphatic carbocycles. The van der Waals surface area contributed by atoms with Crippen LogP contribution in [-0.2, 0) is 11.3 Å². The first kappa shape index (κ1) is 20.6. The number of hydrogen-bond acceptors (Lipinski definition) is 4. The van der Waals surface area contributed by atoms with E-state index in [0.717, 1.165) is 6.07 Å². The van der Waals surface area contributed by atoms with E-state index in [1.165, 1.54) is 6.07 Å². The van der Waals surface area contributed by atoms with Crippen molar-refractivity contribution in [1.82, 2.24) is 9.80 Å². The molecule has 10 heteroatoms. The summed E-state index contributed by atoms with van der Waals surface area (Å²) in [6.45, 7) is 7.23. The summed E-state index contributed by atoms with van der Waals surface area (Å²) in [6, 6.07) is 2.22. The summed E-state index contributed by atoms with van der Waals surface area (Å²) in [5, 5.41) is 2.75. The van der Waals surface area contributed by atoms with Crippen LogP contribution in [0, 0.1) is 11.6 Å². The molecule has 0 saturated carbocycles. The summed E-state index contributed by atoms with van der Waals surface area (Å²) in [7, 11) is 0. The van der Waals surface area contributed by atoms with Gasteiger partial charge in [-0.3, -0.25) is 9.69 Å². The normalized spacial score (nSPS) is 15.2. The summed E-state index contributed by atoms with van der Waals surface area (Å²) >= 11 is 0. The molecular formula is C17H21F2N5O3. The number of benzene rings is 1. The second-order valence-corrected chi connectivity index (χ2v) is 7.13. The molecule has 1 aromatic rings. The van der Waals surface area contributed by atoms with E-state index >= 15 is 0 Å². The summed E-state index contributed by atoms with van der Waals surface area (Å²) in [4.78, 5) is 29.4. The number of piperazine rings is 1. The fourth-order valence-electron chi connectivity index (χ4n) is 2.66. The minimum Gasteiger partial charge on any atom is -0.444 e. The van der Waals surface area contributed by atoms with Gasteiger partial charge in [-0.05, 0) is 37.5 Å². The molecule has 1 aliphatic heterocycles. The van der Waals surface area contributed by atoms with Gasteiger partial charge in [0.25, 0.3) is 5.91 Å². The molecule has 0 unspecified atom stereocenters. The van der Waals surface area contributed by atoms with Crippen molar-refractivity contribution in [1.29, 1.82) is 0 Å².